The molecule has 10 aromatic rings. The molecular weight excluding hydrogens is 868 g/mol. The minimum absolute atomic E-state index is 0. The van der Waals surface area contributed by atoms with E-state index >= 15 is 0 Å². The second kappa shape index (κ2) is 20.2. The van der Waals surface area contributed by atoms with Crippen LogP contribution >= 0.6 is 0 Å². The van der Waals surface area contributed by atoms with Crippen molar-refractivity contribution in [3.05, 3.63) is 206 Å². The first-order valence-electron chi connectivity index (χ1n) is 20.1. The first-order valence-corrected chi connectivity index (χ1v) is 20.1. The van der Waals surface area contributed by atoms with Crippen molar-refractivity contribution in [3.8, 4) is 22.3 Å². The Hall–Kier alpha value is -6.22. The van der Waals surface area contributed by atoms with Crippen LogP contribution in [0.15, 0.2) is 195 Å². The largest absolute Gasteiger partial charge is 1.00 e. The lowest BCUT2D eigenvalue weighted by molar-refractivity contribution is -0.697. The van der Waals surface area contributed by atoms with Crippen molar-refractivity contribution in [3.63, 3.8) is 0 Å². The average Bonchev–Trinajstić information content (AvgIpc) is 3.30. The van der Waals surface area contributed by atoms with E-state index in [1.165, 1.54) is 54.9 Å². The molecule has 6 heterocycles. The zero-order valence-electron chi connectivity index (χ0n) is 33.2. The van der Waals surface area contributed by atoms with Gasteiger partial charge in [-0.05, 0) is 94.8 Å². The Morgan fingerprint density at radius 2 is 0.617 bits per heavy atom. The number of hydrogen-bond donors (Lipinski definition) is 0. The van der Waals surface area contributed by atoms with Gasteiger partial charge in [-0.15, -0.1) is 0 Å². The summed E-state index contributed by atoms with van der Waals surface area (Å²) < 4.78 is 4.52. The van der Waals surface area contributed by atoms with Crippen LogP contribution in [-0.4, -0.2) is 19.9 Å². The number of para-hydroxylation sites is 4. The molecule has 0 unspecified atom stereocenters. The van der Waals surface area contributed by atoms with Crippen molar-refractivity contribution in [2.75, 3.05) is 0 Å². The predicted octanol–water partition coefficient (Wildman–Crippen LogP) is 4.75. The number of pyridine rings is 6. The fourth-order valence-corrected chi connectivity index (χ4v) is 7.96. The normalized spacial score (nSPS) is 10.8. The van der Waals surface area contributed by atoms with Crippen LogP contribution in [0.2, 0.25) is 0 Å². The molecule has 0 aliphatic carbocycles. The first-order chi connectivity index (χ1) is 28.8. The van der Waals surface area contributed by atoms with Crippen molar-refractivity contribution in [1.29, 1.82) is 0 Å². The first kappa shape index (κ1) is 41.9. The van der Waals surface area contributed by atoms with E-state index in [0.29, 0.717) is 0 Å². The lowest BCUT2D eigenvalue weighted by atomic mass is 9.99. The number of halogens is 2. The second-order valence-corrected chi connectivity index (χ2v) is 14.6. The molecule has 296 valence electrons. The molecular formula is C52H44Br2N6. The van der Waals surface area contributed by atoms with Crippen molar-refractivity contribution in [1.82, 2.24) is 19.9 Å². The lowest BCUT2D eigenvalue weighted by Crippen LogP contribution is -3.00. The van der Waals surface area contributed by atoms with E-state index < -0.39 is 0 Å². The Labute approximate surface area is 371 Å². The highest BCUT2D eigenvalue weighted by Crippen LogP contribution is 2.28. The number of aryl methyl sites for hydroxylation is 4. The fraction of sp³-hybridized carbons (Fsp3) is 0.115. The minimum atomic E-state index is 0. The highest BCUT2D eigenvalue weighted by Gasteiger charge is 2.12. The van der Waals surface area contributed by atoms with Crippen LogP contribution < -0.4 is 43.1 Å². The number of hydrogen-bond acceptors (Lipinski definition) is 4. The molecule has 6 aromatic heterocycles. The predicted molar refractivity (Wildman–Crippen MR) is 235 cm³/mol. The topological polar surface area (TPSA) is 59.3 Å². The molecule has 0 spiro atoms. The molecule has 0 fully saturated rings. The molecule has 0 saturated carbocycles. The summed E-state index contributed by atoms with van der Waals surface area (Å²) in [7, 11) is 0. The zero-order valence-corrected chi connectivity index (χ0v) is 36.3. The van der Waals surface area contributed by atoms with E-state index in [-0.39, 0.29) is 34.0 Å². The van der Waals surface area contributed by atoms with Gasteiger partial charge in [0.1, 0.15) is 13.1 Å². The Kier molecular flexibility index (Phi) is 14.1. The summed E-state index contributed by atoms with van der Waals surface area (Å²) in [4.78, 5) is 17.8. The molecule has 60 heavy (non-hydrogen) atoms. The number of benzene rings is 4. The van der Waals surface area contributed by atoms with E-state index in [9.17, 15) is 0 Å². The Morgan fingerprint density at radius 3 is 0.933 bits per heavy atom. The van der Waals surface area contributed by atoms with Crippen LogP contribution in [0.25, 0.3) is 65.9 Å². The van der Waals surface area contributed by atoms with Crippen molar-refractivity contribution in [2.24, 2.45) is 0 Å². The summed E-state index contributed by atoms with van der Waals surface area (Å²) in [6, 6.07) is 50.8. The summed E-state index contributed by atoms with van der Waals surface area (Å²) in [5.74, 6) is 0. The molecule has 0 bridgehead atoms. The standard InChI is InChI=1S/2C26H22N3.2BrH/c2*1-3-9-25-23(6-1)22(24-7-2-4-10-26(24)28-25)8-5-17-29-18-13-21(14-19-29)20-11-15-27-16-12-20;;/h2*1-4,6-7,9-16,18-19H,5,8,17H2;2*1H/q2*+1;;/p-2. The van der Waals surface area contributed by atoms with Gasteiger partial charge in [0, 0.05) is 83.4 Å². The maximum Gasteiger partial charge on any atom is 0.169 e. The van der Waals surface area contributed by atoms with Gasteiger partial charge in [0.05, 0.1) is 22.1 Å². The summed E-state index contributed by atoms with van der Waals surface area (Å²) in [5.41, 5.74) is 11.9. The zero-order chi connectivity index (χ0) is 38.9. The third-order valence-corrected chi connectivity index (χ3v) is 10.9. The van der Waals surface area contributed by atoms with Crippen molar-refractivity contribution in [2.45, 2.75) is 38.8 Å². The van der Waals surface area contributed by atoms with E-state index in [0.717, 1.165) is 60.8 Å². The van der Waals surface area contributed by atoms with Crippen molar-refractivity contribution < 1.29 is 43.1 Å². The molecule has 4 aromatic carbocycles. The number of rotatable bonds is 10. The van der Waals surface area contributed by atoms with Gasteiger partial charge in [-0.3, -0.25) is 9.97 Å². The van der Waals surface area contributed by atoms with Crippen LogP contribution in [0, 0.1) is 0 Å². The van der Waals surface area contributed by atoms with Gasteiger partial charge in [-0.2, -0.15) is 0 Å². The molecule has 0 aliphatic heterocycles. The van der Waals surface area contributed by atoms with Crippen LogP contribution in [-0.2, 0) is 25.9 Å². The van der Waals surface area contributed by atoms with Crippen LogP contribution in [0.4, 0.5) is 0 Å². The molecule has 0 aliphatic rings. The van der Waals surface area contributed by atoms with Crippen molar-refractivity contribution >= 4 is 43.6 Å². The lowest BCUT2D eigenvalue weighted by Gasteiger charge is -2.10. The molecule has 0 amide bonds. The Bertz CT molecular complexity index is 2630. The van der Waals surface area contributed by atoms with Gasteiger partial charge in [0.2, 0.25) is 0 Å². The van der Waals surface area contributed by atoms with Crippen LogP contribution in [0.5, 0.6) is 0 Å². The van der Waals surface area contributed by atoms with E-state index in [4.69, 9.17) is 9.97 Å². The maximum atomic E-state index is 4.83. The monoisotopic (exact) mass is 910 g/mol. The van der Waals surface area contributed by atoms with Gasteiger partial charge in [-0.25, -0.2) is 19.1 Å². The minimum Gasteiger partial charge on any atom is -1.00 e. The Morgan fingerprint density at radius 1 is 0.333 bits per heavy atom. The van der Waals surface area contributed by atoms with Crippen LogP contribution in [0.1, 0.15) is 24.0 Å². The molecule has 0 radical (unpaired) electrons. The quantitative estimate of drug-likeness (QED) is 0.147. The number of aromatic nitrogens is 6. The SMILES string of the molecule is [Br-].[Br-].c1ccc2c(CCC[n+]3ccc(-c4ccncc4)cc3)c3ccccc3nc2c1.c1ccc2c(CCC[n+]3ccc(-c4ccncc4)cc3)c3ccccc3nc2c1. The molecule has 10 rings (SSSR count). The van der Waals surface area contributed by atoms with E-state index in [2.05, 4.69) is 165 Å². The smallest absolute Gasteiger partial charge is 0.169 e. The molecule has 0 atom stereocenters. The molecule has 6 nitrogen and oxygen atoms in total. The maximum absolute atomic E-state index is 4.83. The summed E-state index contributed by atoms with van der Waals surface area (Å²) in [6.07, 6.45) is 20.2. The second-order valence-electron chi connectivity index (χ2n) is 14.6. The molecule has 0 N–H and O–H groups in total. The highest BCUT2D eigenvalue weighted by molar-refractivity contribution is 5.98. The van der Waals surface area contributed by atoms with E-state index in [1.807, 2.05) is 49.1 Å². The van der Waals surface area contributed by atoms with Crippen LogP contribution in [0.3, 0.4) is 0 Å². The average molecular weight is 913 g/mol. The van der Waals surface area contributed by atoms with Gasteiger partial charge >= 0.3 is 0 Å². The number of fused-ring (bicyclic) bond motifs is 4. The summed E-state index contributed by atoms with van der Waals surface area (Å²) in [6.45, 7) is 1.98. The van der Waals surface area contributed by atoms with E-state index in [1.54, 1.807) is 0 Å². The van der Waals surface area contributed by atoms with Gasteiger partial charge < -0.3 is 34.0 Å². The Balaban J connectivity index is 0.000000176. The summed E-state index contributed by atoms with van der Waals surface area (Å²) >= 11 is 0. The fourth-order valence-electron chi connectivity index (χ4n) is 7.96. The molecule has 8 heteroatoms. The van der Waals surface area contributed by atoms with Gasteiger partial charge in [-0.1, -0.05) is 72.8 Å². The third-order valence-electron chi connectivity index (χ3n) is 10.9. The highest BCUT2D eigenvalue weighted by atomic mass is 79.9. The number of nitrogens with zero attached hydrogens (tertiary/aromatic N) is 6. The van der Waals surface area contributed by atoms with Gasteiger partial charge in [0.25, 0.3) is 0 Å². The van der Waals surface area contributed by atoms with Gasteiger partial charge in [0.15, 0.2) is 24.8 Å². The summed E-state index contributed by atoms with van der Waals surface area (Å²) in [5, 5.41) is 5.07. The molecule has 0 saturated heterocycles. The third kappa shape index (κ3) is 9.63.